The van der Waals surface area contributed by atoms with Crippen molar-refractivity contribution in [3.63, 3.8) is 0 Å². The summed E-state index contributed by atoms with van der Waals surface area (Å²) in [5, 5.41) is 8.18. The van der Waals surface area contributed by atoms with Crippen LogP contribution in [0.4, 0.5) is 5.69 Å². The Hall–Kier alpha value is -1.72. The second-order valence-electron chi connectivity index (χ2n) is 4.92. The van der Waals surface area contributed by atoms with E-state index in [1.165, 1.54) is 0 Å². The summed E-state index contributed by atoms with van der Waals surface area (Å²) < 4.78 is 0. The number of fused-ring (bicyclic) bond motifs is 1. The van der Waals surface area contributed by atoms with Crippen molar-refractivity contribution in [2.45, 2.75) is 6.42 Å². The van der Waals surface area contributed by atoms with Gasteiger partial charge >= 0.3 is 0 Å². The van der Waals surface area contributed by atoms with Gasteiger partial charge in [0, 0.05) is 18.1 Å². The summed E-state index contributed by atoms with van der Waals surface area (Å²) in [6.45, 7) is 1.91. The van der Waals surface area contributed by atoms with E-state index in [2.05, 4.69) is 34.6 Å². The Balaban J connectivity index is 1.93. The molecule has 0 amide bonds. The van der Waals surface area contributed by atoms with Crippen molar-refractivity contribution < 1.29 is 0 Å². The number of anilines is 1. The molecule has 106 valence electrons. The van der Waals surface area contributed by atoms with Crippen LogP contribution in [0, 0.1) is 0 Å². The minimum Gasteiger partial charge on any atom is -0.362 e. The van der Waals surface area contributed by atoms with Gasteiger partial charge in [0.1, 0.15) is 0 Å². The molecule has 0 aliphatic rings. The molecule has 2 aromatic rings. The van der Waals surface area contributed by atoms with Gasteiger partial charge in [-0.1, -0.05) is 18.2 Å². The molecule has 0 spiro atoms. The number of para-hydroxylation sites is 1. The van der Waals surface area contributed by atoms with E-state index in [0.29, 0.717) is 5.11 Å². The molecule has 0 saturated carbocycles. The van der Waals surface area contributed by atoms with Gasteiger partial charge in [-0.15, -0.1) is 0 Å². The number of benzene rings is 1. The van der Waals surface area contributed by atoms with Crippen LogP contribution in [-0.4, -0.2) is 42.2 Å². The Bertz CT molecular complexity index is 578. The lowest BCUT2D eigenvalue weighted by atomic mass is 10.2. The van der Waals surface area contributed by atoms with Crippen LogP contribution in [-0.2, 0) is 0 Å². The molecule has 1 aromatic heterocycles. The lowest BCUT2D eigenvalue weighted by Crippen LogP contribution is -2.31. The molecule has 0 bridgehead atoms. The van der Waals surface area contributed by atoms with E-state index in [9.17, 15) is 0 Å². The van der Waals surface area contributed by atoms with Gasteiger partial charge in [-0.25, -0.2) is 0 Å². The average molecular weight is 288 g/mol. The largest absolute Gasteiger partial charge is 0.362 e. The van der Waals surface area contributed by atoms with E-state index in [-0.39, 0.29) is 0 Å². The standard InChI is InChI=1S/C15H20N4S/c1-19(2)11-5-10-17-15(20)18-13-8-3-6-12-7-4-9-16-14(12)13/h3-4,6-9H,5,10-11H2,1-2H3,(H2,17,18,20). The maximum absolute atomic E-state index is 5.31. The molecule has 2 rings (SSSR count). The van der Waals surface area contributed by atoms with Crippen molar-refractivity contribution in [1.82, 2.24) is 15.2 Å². The lowest BCUT2D eigenvalue weighted by Gasteiger charge is -2.13. The van der Waals surface area contributed by atoms with Crippen molar-refractivity contribution in [2.24, 2.45) is 0 Å². The van der Waals surface area contributed by atoms with E-state index >= 15 is 0 Å². The lowest BCUT2D eigenvalue weighted by molar-refractivity contribution is 0.400. The highest BCUT2D eigenvalue weighted by atomic mass is 32.1. The number of aromatic nitrogens is 1. The maximum Gasteiger partial charge on any atom is 0.170 e. The zero-order chi connectivity index (χ0) is 14.4. The van der Waals surface area contributed by atoms with Crippen molar-refractivity contribution in [3.05, 3.63) is 36.5 Å². The number of nitrogens with one attached hydrogen (secondary N) is 2. The highest BCUT2D eigenvalue weighted by Gasteiger charge is 2.03. The van der Waals surface area contributed by atoms with Crippen LogP contribution < -0.4 is 10.6 Å². The quantitative estimate of drug-likeness (QED) is 0.653. The minimum absolute atomic E-state index is 0.641. The number of pyridine rings is 1. The Kier molecular flexibility index (Phi) is 5.26. The Labute approximate surface area is 125 Å². The highest BCUT2D eigenvalue weighted by molar-refractivity contribution is 7.80. The Morgan fingerprint density at radius 1 is 1.25 bits per heavy atom. The van der Waals surface area contributed by atoms with E-state index in [4.69, 9.17) is 12.2 Å². The summed E-state index contributed by atoms with van der Waals surface area (Å²) in [4.78, 5) is 6.56. The van der Waals surface area contributed by atoms with E-state index in [1.807, 2.05) is 30.3 Å². The molecular weight excluding hydrogens is 268 g/mol. The first-order valence-electron chi connectivity index (χ1n) is 6.70. The maximum atomic E-state index is 5.31. The van der Waals surface area contributed by atoms with Crippen LogP contribution >= 0.6 is 12.2 Å². The predicted octanol–water partition coefficient (Wildman–Crippen LogP) is 2.47. The van der Waals surface area contributed by atoms with Crippen LogP contribution in [0.15, 0.2) is 36.5 Å². The summed E-state index contributed by atoms with van der Waals surface area (Å²) in [5.41, 5.74) is 1.88. The number of rotatable bonds is 5. The van der Waals surface area contributed by atoms with Gasteiger partial charge in [0.2, 0.25) is 0 Å². The first-order valence-corrected chi connectivity index (χ1v) is 7.11. The molecule has 1 heterocycles. The van der Waals surface area contributed by atoms with Gasteiger partial charge in [0.25, 0.3) is 0 Å². The molecule has 0 fully saturated rings. The van der Waals surface area contributed by atoms with Crippen molar-refractivity contribution in [2.75, 3.05) is 32.5 Å². The molecule has 4 nitrogen and oxygen atoms in total. The first kappa shape index (κ1) is 14.7. The van der Waals surface area contributed by atoms with Crippen LogP contribution in [0.1, 0.15) is 6.42 Å². The van der Waals surface area contributed by atoms with Gasteiger partial charge in [-0.2, -0.15) is 0 Å². The number of nitrogens with zero attached hydrogens (tertiary/aromatic N) is 2. The second kappa shape index (κ2) is 7.17. The molecule has 0 saturated heterocycles. The monoisotopic (exact) mass is 288 g/mol. The summed E-state index contributed by atoms with van der Waals surface area (Å²) >= 11 is 5.31. The fraction of sp³-hybridized carbons (Fsp3) is 0.333. The topological polar surface area (TPSA) is 40.2 Å². The smallest absolute Gasteiger partial charge is 0.170 e. The highest BCUT2D eigenvalue weighted by Crippen LogP contribution is 2.20. The Morgan fingerprint density at radius 3 is 2.85 bits per heavy atom. The molecule has 2 N–H and O–H groups in total. The molecule has 0 atom stereocenters. The van der Waals surface area contributed by atoms with Crippen LogP contribution in [0.25, 0.3) is 10.9 Å². The second-order valence-corrected chi connectivity index (χ2v) is 5.33. The van der Waals surface area contributed by atoms with Gasteiger partial charge in [-0.3, -0.25) is 4.98 Å². The van der Waals surface area contributed by atoms with Crippen LogP contribution in [0.5, 0.6) is 0 Å². The average Bonchev–Trinajstić information content (AvgIpc) is 2.44. The summed E-state index contributed by atoms with van der Waals surface area (Å²) in [6, 6.07) is 10.0. The molecule has 0 unspecified atom stereocenters. The zero-order valence-corrected chi connectivity index (χ0v) is 12.7. The fourth-order valence-corrected chi connectivity index (χ4v) is 2.18. The van der Waals surface area contributed by atoms with Gasteiger partial charge in [0.15, 0.2) is 5.11 Å². The number of hydrogen-bond acceptors (Lipinski definition) is 3. The van der Waals surface area contributed by atoms with Crippen LogP contribution in [0.2, 0.25) is 0 Å². The third-order valence-corrected chi connectivity index (χ3v) is 3.19. The minimum atomic E-state index is 0.641. The molecule has 5 heteroatoms. The van der Waals surface area contributed by atoms with Crippen molar-refractivity contribution in [3.8, 4) is 0 Å². The third kappa shape index (κ3) is 4.15. The molecule has 20 heavy (non-hydrogen) atoms. The number of hydrogen-bond donors (Lipinski definition) is 2. The Morgan fingerprint density at radius 2 is 2.05 bits per heavy atom. The summed E-state index contributed by atoms with van der Waals surface area (Å²) in [6.07, 6.45) is 2.85. The van der Waals surface area contributed by atoms with Gasteiger partial charge < -0.3 is 15.5 Å². The van der Waals surface area contributed by atoms with Crippen LogP contribution in [0.3, 0.4) is 0 Å². The van der Waals surface area contributed by atoms with Crippen molar-refractivity contribution >= 4 is 33.9 Å². The molecule has 1 aromatic carbocycles. The van der Waals surface area contributed by atoms with E-state index < -0.39 is 0 Å². The van der Waals surface area contributed by atoms with E-state index in [0.717, 1.165) is 36.1 Å². The molecular formula is C15H20N4S. The van der Waals surface area contributed by atoms with Gasteiger partial charge in [-0.05, 0) is 51.4 Å². The first-order chi connectivity index (χ1) is 9.66. The molecule has 0 aliphatic heterocycles. The molecule has 0 radical (unpaired) electrons. The third-order valence-electron chi connectivity index (χ3n) is 2.95. The van der Waals surface area contributed by atoms with E-state index in [1.54, 1.807) is 6.20 Å². The zero-order valence-electron chi connectivity index (χ0n) is 11.9. The SMILES string of the molecule is CN(C)CCCNC(=S)Nc1cccc2cccnc12. The number of thiocarbonyl (C=S) groups is 1. The van der Waals surface area contributed by atoms with Crippen molar-refractivity contribution in [1.29, 1.82) is 0 Å². The van der Waals surface area contributed by atoms with Gasteiger partial charge in [0.05, 0.1) is 11.2 Å². The fourth-order valence-electron chi connectivity index (χ4n) is 1.97. The summed E-state index contributed by atoms with van der Waals surface area (Å²) in [5.74, 6) is 0. The normalized spacial score (nSPS) is 10.8. The molecule has 0 aliphatic carbocycles. The summed E-state index contributed by atoms with van der Waals surface area (Å²) in [7, 11) is 4.14. The predicted molar refractivity (Wildman–Crippen MR) is 89.1 cm³/mol.